The number of ether oxygens (including phenoxy) is 1. The summed E-state index contributed by atoms with van der Waals surface area (Å²) in [4.78, 5) is 36.0. The number of anilines is 1. The van der Waals surface area contributed by atoms with Crippen molar-refractivity contribution in [3.05, 3.63) is 57.6 Å². The molecule has 0 saturated heterocycles. The maximum absolute atomic E-state index is 12.1. The highest BCUT2D eigenvalue weighted by atomic mass is 79.9. The van der Waals surface area contributed by atoms with Crippen molar-refractivity contribution in [1.82, 2.24) is 10.9 Å². The van der Waals surface area contributed by atoms with E-state index in [1.807, 2.05) is 58.0 Å². The molecule has 8 heteroatoms. The Labute approximate surface area is 191 Å². The summed E-state index contributed by atoms with van der Waals surface area (Å²) >= 11 is 3.42. The topological polar surface area (TPSA) is 96.5 Å². The molecule has 0 aliphatic rings. The first-order chi connectivity index (χ1) is 14.7. The van der Waals surface area contributed by atoms with Crippen LogP contribution in [0.2, 0.25) is 0 Å². The van der Waals surface area contributed by atoms with Gasteiger partial charge < -0.3 is 10.1 Å². The molecule has 0 bridgehead atoms. The van der Waals surface area contributed by atoms with Crippen LogP contribution in [0.15, 0.2) is 40.9 Å². The minimum absolute atomic E-state index is 0.00214. The highest BCUT2D eigenvalue weighted by Gasteiger charge is 2.12. The van der Waals surface area contributed by atoms with Crippen molar-refractivity contribution in [2.75, 3.05) is 11.9 Å². The van der Waals surface area contributed by atoms with E-state index >= 15 is 0 Å². The van der Waals surface area contributed by atoms with Crippen molar-refractivity contribution in [2.45, 2.75) is 46.5 Å². The van der Waals surface area contributed by atoms with Gasteiger partial charge in [0, 0.05) is 23.0 Å². The van der Waals surface area contributed by atoms with Gasteiger partial charge in [0.25, 0.3) is 5.91 Å². The molecule has 0 aromatic heterocycles. The van der Waals surface area contributed by atoms with Crippen molar-refractivity contribution in [2.24, 2.45) is 0 Å². The lowest BCUT2D eigenvalue weighted by Gasteiger charge is -2.14. The Morgan fingerprint density at radius 3 is 2.29 bits per heavy atom. The second-order valence-electron chi connectivity index (χ2n) is 7.59. The van der Waals surface area contributed by atoms with E-state index in [0.717, 1.165) is 26.9 Å². The predicted octanol–water partition coefficient (Wildman–Crippen LogP) is 4.13. The van der Waals surface area contributed by atoms with E-state index in [-0.39, 0.29) is 31.3 Å². The number of nitrogens with one attached hydrogen (secondary N) is 3. The molecule has 0 aliphatic carbocycles. The number of aryl methyl sites for hydroxylation is 2. The van der Waals surface area contributed by atoms with Gasteiger partial charge in [-0.3, -0.25) is 25.2 Å². The first-order valence-electron chi connectivity index (χ1n) is 10.0. The molecule has 0 spiro atoms. The van der Waals surface area contributed by atoms with E-state index in [1.165, 1.54) is 0 Å². The number of amides is 3. The molecular weight excluding hydrogens is 462 g/mol. The Morgan fingerprint density at radius 2 is 1.61 bits per heavy atom. The molecule has 2 aromatic rings. The lowest BCUT2D eigenvalue weighted by atomic mass is 10.0. The lowest BCUT2D eigenvalue weighted by Crippen LogP contribution is -2.44. The third kappa shape index (κ3) is 8.05. The van der Waals surface area contributed by atoms with Crippen molar-refractivity contribution in [3.8, 4) is 5.75 Å². The van der Waals surface area contributed by atoms with Crippen LogP contribution in [-0.4, -0.2) is 24.3 Å². The van der Waals surface area contributed by atoms with Crippen LogP contribution in [-0.2, 0) is 14.4 Å². The van der Waals surface area contributed by atoms with Crippen molar-refractivity contribution >= 4 is 39.3 Å². The molecule has 0 radical (unpaired) electrons. The first kappa shape index (κ1) is 24.4. The molecule has 0 unspecified atom stereocenters. The highest BCUT2D eigenvalue weighted by Crippen LogP contribution is 2.29. The Kier molecular flexibility index (Phi) is 9.05. The highest BCUT2D eigenvalue weighted by molar-refractivity contribution is 9.10. The average Bonchev–Trinajstić information content (AvgIpc) is 2.71. The van der Waals surface area contributed by atoms with Crippen LogP contribution in [0.1, 0.15) is 49.3 Å². The van der Waals surface area contributed by atoms with Gasteiger partial charge in [0.1, 0.15) is 5.75 Å². The number of benzene rings is 2. The van der Waals surface area contributed by atoms with Gasteiger partial charge in [0.2, 0.25) is 11.8 Å². The molecule has 2 aromatic carbocycles. The van der Waals surface area contributed by atoms with Gasteiger partial charge in [-0.2, -0.15) is 0 Å². The standard InChI is InChI=1S/C23H28BrN3O4/c1-14(2)18-12-17(24)6-8-20(18)31-13-23(30)27-26-22(29)10-9-21(28)25-19-7-5-15(3)11-16(19)4/h5-8,11-12,14H,9-10,13H2,1-4H3,(H,25,28)(H,26,29)(H,27,30). The molecule has 7 nitrogen and oxygen atoms in total. The van der Waals surface area contributed by atoms with Crippen LogP contribution >= 0.6 is 15.9 Å². The number of hydrazine groups is 1. The molecule has 31 heavy (non-hydrogen) atoms. The van der Waals surface area contributed by atoms with Crippen molar-refractivity contribution in [3.63, 3.8) is 0 Å². The minimum atomic E-state index is -0.495. The average molecular weight is 490 g/mol. The molecular formula is C23H28BrN3O4. The summed E-state index contributed by atoms with van der Waals surface area (Å²) in [6.07, 6.45) is -0.0513. The van der Waals surface area contributed by atoms with Gasteiger partial charge in [0.15, 0.2) is 6.61 Å². The van der Waals surface area contributed by atoms with Gasteiger partial charge in [-0.15, -0.1) is 0 Å². The fraction of sp³-hybridized carbons (Fsp3) is 0.348. The summed E-state index contributed by atoms with van der Waals surface area (Å²) in [6.45, 7) is 7.71. The molecule has 0 heterocycles. The van der Waals surface area contributed by atoms with E-state index in [0.29, 0.717) is 5.75 Å². The second-order valence-corrected chi connectivity index (χ2v) is 8.50. The third-order valence-corrected chi connectivity index (χ3v) is 5.02. The summed E-state index contributed by atoms with van der Waals surface area (Å²) < 4.78 is 6.52. The number of halogens is 1. The maximum Gasteiger partial charge on any atom is 0.276 e. The number of carbonyl (C=O) groups is 3. The van der Waals surface area contributed by atoms with E-state index in [9.17, 15) is 14.4 Å². The molecule has 3 amide bonds. The second kappa shape index (κ2) is 11.5. The maximum atomic E-state index is 12.1. The van der Waals surface area contributed by atoms with Gasteiger partial charge in [0.05, 0.1) is 0 Å². The fourth-order valence-corrected chi connectivity index (χ4v) is 3.26. The summed E-state index contributed by atoms with van der Waals surface area (Å²) in [5.41, 5.74) is 8.35. The van der Waals surface area contributed by atoms with Crippen LogP contribution in [0.5, 0.6) is 5.75 Å². The summed E-state index contributed by atoms with van der Waals surface area (Å²) in [5, 5.41) is 2.78. The minimum Gasteiger partial charge on any atom is -0.483 e. The number of hydrogen-bond donors (Lipinski definition) is 3. The van der Waals surface area contributed by atoms with Crippen molar-refractivity contribution < 1.29 is 19.1 Å². The van der Waals surface area contributed by atoms with Crippen LogP contribution in [0.3, 0.4) is 0 Å². The smallest absolute Gasteiger partial charge is 0.276 e. The zero-order valence-electron chi connectivity index (χ0n) is 18.2. The summed E-state index contributed by atoms with van der Waals surface area (Å²) in [6, 6.07) is 11.3. The lowest BCUT2D eigenvalue weighted by molar-refractivity contribution is -0.130. The van der Waals surface area contributed by atoms with Crippen LogP contribution in [0, 0.1) is 13.8 Å². The van der Waals surface area contributed by atoms with E-state index in [4.69, 9.17) is 4.74 Å². The SMILES string of the molecule is Cc1ccc(NC(=O)CCC(=O)NNC(=O)COc2ccc(Br)cc2C(C)C)c(C)c1. The number of rotatable bonds is 8. The number of carbonyl (C=O) groups excluding carboxylic acids is 3. The Hall–Kier alpha value is -2.87. The van der Waals surface area contributed by atoms with Crippen molar-refractivity contribution in [1.29, 1.82) is 0 Å². The Balaban J connectivity index is 1.72. The zero-order chi connectivity index (χ0) is 23.0. The summed E-state index contributed by atoms with van der Waals surface area (Å²) in [5.74, 6) is -0.387. The van der Waals surface area contributed by atoms with E-state index < -0.39 is 11.8 Å². The van der Waals surface area contributed by atoms with Gasteiger partial charge in [-0.1, -0.05) is 47.5 Å². The normalized spacial score (nSPS) is 10.5. The molecule has 3 N–H and O–H groups in total. The Bertz CT molecular complexity index is 960. The van der Waals surface area contributed by atoms with E-state index in [1.54, 1.807) is 6.07 Å². The van der Waals surface area contributed by atoms with E-state index in [2.05, 4.69) is 32.1 Å². The zero-order valence-corrected chi connectivity index (χ0v) is 19.8. The number of hydrogen-bond acceptors (Lipinski definition) is 4. The molecule has 0 fully saturated rings. The largest absolute Gasteiger partial charge is 0.483 e. The quantitative estimate of drug-likeness (QED) is 0.485. The molecule has 0 saturated carbocycles. The molecule has 0 atom stereocenters. The van der Waals surface area contributed by atoms with Gasteiger partial charge in [-0.05, 0) is 55.2 Å². The summed E-state index contributed by atoms with van der Waals surface area (Å²) in [7, 11) is 0. The predicted molar refractivity (Wildman–Crippen MR) is 124 cm³/mol. The van der Waals surface area contributed by atoms with Gasteiger partial charge >= 0.3 is 0 Å². The Morgan fingerprint density at radius 1 is 0.935 bits per heavy atom. The van der Waals surface area contributed by atoms with Crippen LogP contribution < -0.4 is 20.9 Å². The van der Waals surface area contributed by atoms with Crippen LogP contribution in [0.25, 0.3) is 0 Å². The third-order valence-electron chi connectivity index (χ3n) is 4.53. The fourth-order valence-electron chi connectivity index (χ4n) is 2.88. The molecule has 2 rings (SSSR count). The van der Waals surface area contributed by atoms with Gasteiger partial charge in [-0.25, -0.2) is 0 Å². The monoisotopic (exact) mass is 489 g/mol. The molecule has 0 aliphatic heterocycles. The first-order valence-corrected chi connectivity index (χ1v) is 10.8. The van der Waals surface area contributed by atoms with Crippen LogP contribution in [0.4, 0.5) is 5.69 Å². The molecule has 166 valence electrons.